The average molecular weight is 456 g/mol. The molecule has 1 heterocycles. The molecular formula is C20H31BF2N4O5. The molecule has 1 aliphatic rings. The Balaban J connectivity index is 1.73. The van der Waals surface area contributed by atoms with Gasteiger partial charge in [0.25, 0.3) is 0 Å². The van der Waals surface area contributed by atoms with Crippen molar-refractivity contribution in [2.24, 2.45) is 5.73 Å². The minimum Gasteiger partial charge on any atom is -0.480 e. The first-order valence-corrected chi connectivity index (χ1v) is 10.7. The number of carbonyl (C=O) groups is 2. The summed E-state index contributed by atoms with van der Waals surface area (Å²) in [7, 11) is -1.40. The molecule has 1 aromatic carbocycles. The van der Waals surface area contributed by atoms with Gasteiger partial charge in [0.1, 0.15) is 5.54 Å². The quantitative estimate of drug-likeness (QED) is 0.250. The van der Waals surface area contributed by atoms with Gasteiger partial charge in [-0.25, -0.2) is 13.6 Å². The lowest BCUT2D eigenvalue weighted by molar-refractivity contribution is -0.144. The summed E-state index contributed by atoms with van der Waals surface area (Å²) in [6.07, 6.45) is 2.24. The molecule has 1 saturated heterocycles. The molecule has 1 aliphatic heterocycles. The number of amides is 2. The van der Waals surface area contributed by atoms with Crippen molar-refractivity contribution < 1.29 is 33.5 Å². The molecule has 12 heteroatoms. The van der Waals surface area contributed by atoms with Crippen molar-refractivity contribution in [2.45, 2.75) is 44.0 Å². The van der Waals surface area contributed by atoms with E-state index in [1.54, 1.807) is 0 Å². The molecule has 0 aliphatic carbocycles. The summed E-state index contributed by atoms with van der Waals surface area (Å²) >= 11 is 0. The summed E-state index contributed by atoms with van der Waals surface area (Å²) in [6.45, 7) is 2.56. The van der Waals surface area contributed by atoms with Gasteiger partial charge in [0.2, 0.25) is 0 Å². The third-order valence-corrected chi connectivity index (χ3v) is 5.71. The lowest BCUT2D eigenvalue weighted by Gasteiger charge is -2.35. The summed E-state index contributed by atoms with van der Waals surface area (Å²) in [5.41, 5.74) is 4.50. The number of benzene rings is 1. The molecule has 1 aromatic rings. The second kappa shape index (κ2) is 12.1. The number of urea groups is 1. The van der Waals surface area contributed by atoms with Crippen LogP contribution in [-0.4, -0.2) is 82.3 Å². The summed E-state index contributed by atoms with van der Waals surface area (Å²) in [4.78, 5) is 27.5. The fraction of sp³-hybridized carbons (Fsp3) is 0.600. The zero-order chi connectivity index (χ0) is 23.7. The largest absolute Gasteiger partial charge is 0.480 e. The van der Waals surface area contributed by atoms with Crippen LogP contribution in [0.25, 0.3) is 0 Å². The van der Waals surface area contributed by atoms with Crippen molar-refractivity contribution in [1.82, 2.24) is 9.80 Å². The first-order valence-electron chi connectivity index (χ1n) is 10.7. The predicted octanol–water partition coefficient (Wildman–Crippen LogP) is 1.32. The molecule has 0 aromatic heterocycles. The number of nitrogens with zero attached hydrogens (tertiary/aromatic N) is 2. The number of halogens is 2. The van der Waals surface area contributed by atoms with Crippen molar-refractivity contribution in [2.75, 3.05) is 38.0 Å². The minimum absolute atomic E-state index is 0.180. The SMILES string of the molecule is NC(CCCCB(O)O)(CCCN1CCN(C(=O)Nc2cccc(F)c2F)CC1)C(=O)O. The maximum Gasteiger partial charge on any atom is 0.451 e. The maximum absolute atomic E-state index is 13.7. The van der Waals surface area contributed by atoms with E-state index in [0.29, 0.717) is 52.0 Å². The first-order chi connectivity index (χ1) is 15.1. The van der Waals surface area contributed by atoms with Crippen molar-refractivity contribution in [3.63, 3.8) is 0 Å². The van der Waals surface area contributed by atoms with Gasteiger partial charge >= 0.3 is 19.1 Å². The molecule has 0 radical (unpaired) electrons. The van der Waals surface area contributed by atoms with E-state index >= 15 is 0 Å². The third kappa shape index (κ3) is 7.70. The highest BCUT2D eigenvalue weighted by molar-refractivity contribution is 6.40. The zero-order valence-electron chi connectivity index (χ0n) is 18.0. The Kier molecular flexibility index (Phi) is 9.82. The number of nitrogens with two attached hydrogens (primary N) is 1. The van der Waals surface area contributed by atoms with E-state index in [4.69, 9.17) is 15.8 Å². The predicted molar refractivity (Wildman–Crippen MR) is 116 cm³/mol. The smallest absolute Gasteiger partial charge is 0.451 e. The van der Waals surface area contributed by atoms with Crippen molar-refractivity contribution >= 4 is 24.8 Å². The first kappa shape index (κ1) is 26.0. The van der Waals surface area contributed by atoms with Gasteiger partial charge in [-0.05, 0) is 44.3 Å². The van der Waals surface area contributed by atoms with Crippen LogP contribution >= 0.6 is 0 Å². The van der Waals surface area contributed by atoms with Crippen LogP contribution in [0.4, 0.5) is 19.3 Å². The summed E-state index contributed by atoms with van der Waals surface area (Å²) in [5, 5.41) is 29.6. The number of aliphatic carboxylic acids is 1. The minimum atomic E-state index is -1.40. The second-order valence-electron chi connectivity index (χ2n) is 8.15. The number of unbranched alkanes of at least 4 members (excludes halogenated alkanes) is 1. The molecule has 32 heavy (non-hydrogen) atoms. The molecule has 1 fully saturated rings. The Morgan fingerprint density at radius 3 is 2.38 bits per heavy atom. The number of hydrogen-bond acceptors (Lipinski definition) is 6. The van der Waals surface area contributed by atoms with Crippen LogP contribution in [0.2, 0.25) is 6.32 Å². The lowest BCUT2D eigenvalue weighted by Crippen LogP contribution is -2.51. The normalized spacial score (nSPS) is 16.5. The average Bonchev–Trinajstić information content (AvgIpc) is 2.74. The highest BCUT2D eigenvalue weighted by atomic mass is 19.2. The number of carboxylic acid groups (broad SMARTS) is 1. The van der Waals surface area contributed by atoms with Gasteiger partial charge in [-0.2, -0.15) is 0 Å². The topological polar surface area (TPSA) is 139 Å². The van der Waals surface area contributed by atoms with Crippen LogP contribution in [0.3, 0.4) is 0 Å². The summed E-state index contributed by atoms with van der Waals surface area (Å²) < 4.78 is 27.0. The second-order valence-corrected chi connectivity index (χ2v) is 8.15. The molecule has 1 unspecified atom stereocenters. The number of piperazine rings is 1. The Hall–Kier alpha value is -2.28. The van der Waals surface area contributed by atoms with Gasteiger partial charge in [0.15, 0.2) is 11.6 Å². The molecule has 6 N–H and O–H groups in total. The number of carbonyl (C=O) groups excluding carboxylic acids is 1. The van der Waals surface area contributed by atoms with Crippen molar-refractivity contribution in [3.8, 4) is 0 Å². The van der Waals surface area contributed by atoms with E-state index < -0.39 is 36.3 Å². The fourth-order valence-electron chi connectivity index (χ4n) is 3.69. The molecule has 9 nitrogen and oxygen atoms in total. The van der Waals surface area contributed by atoms with Gasteiger partial charge in [-0.1, -0.05) is 18.9 Å². The number of rotatable bonds is 11. The molecule has 0 bridgehead atoms. The van der Waals surface area contributed by atoms with Crippen LogP contribution in [0.5, 0.6) is 0 Å². The molecule has 2 amide bonds. The highest BCUT2D eigenvalue weighted by Crippen LogP contribution is 2.21. The summed E-state index contributed by atoms with van der Waals surface area (Å²) in [6, 6.07) is 3.08. The Bertz CT molecular complexity index is 780. The molecule has 0 saturated carbocycles. The van der Waals surface area contributed by atoms with Gasteiger partial charge in [-0.3, -0.25) is 9.69 Å². The Morgan fingerprint density at radius 1 is 1.09 bits per heavy atom. The third-order valence-electron chi connectivity index (χ3n) is 5.71. The van der Waals surface area contributed by atoms with Gasteiger partial charge in [-0.15, -0.1) is 0 Å². The number of carboxylic acids is 1. The van der Waals surface area contributed by atoms with Crippen LogP contribution in [-0.2, 0) is 4.79 Å². The van der Waals surface area contributed by atoms with Gasteiger partial charge in [0.05, 0.1) is 5.69 Å². The number of anilines is 1. The van der Waals surface area contributed by atoms with Gasteiger partial charge < -0.3 is 31.1 Å². The standard InChI is InChI=1S/C20H31BF2N4O5/c22-15-5-3-6-16(17(15)23)25-19(30)27-13-11-26(12-14-27)10-4-8-20(24,18(28)29)7-1-2-9-21(31)32/h3,5-6,31-32H,1-2,4,7-14,24H2,(H,25,30)(H,28,29). The molecule has 1 atom stereocenters. The van der Waals surface area contributed by atoms with Crippen LogP contribution < -0.4 is 11.1 Å². The van der Waals surface area contributed by atoms with Crippen LogP contribution in [0.15, 0.2) is 18.2 Å². The zero-order valence-corrected chi connectivity index (χ0v) is 18.0. The molecular weight excluding hydrogens is 425 g/mol. The van der Waals surface area contributed by atoms with Crippen molar-refractivity contribution in [3.05, 3.63) is 29.8 Å². The lowest BCUT2D eigenvalue weighted by atomic mass is 9.81. The Morgan fingerprint density at radius 2 is 1.75 bits per heavy atom. The van der Waals surface area contributed by atoms with Crippen LogP contribution in [0.1, 0.15) is 32.1 Å². The van der Waals surface area contributed by atoms with Gasteiger partial charge in [0, 0.05) is 26.2 Å². The molecule has 0 spiro atoms. The molecule has 2 rings (SSSR count). The van der Waals surface area contributed by atoms with E-state index in [-0.39, 0.29) is 24.8 Å². The van der Waals surface area contributed by atoms with E-state index in [1.807, 2.05) is 0 Å². The number of hydrogen-bond donors (Lipinski definition) is 5. The monoisotopic (exact) mass is 456 g/mol. The number of nitrogens with one attached hydrogen (secondary N) is 1. The highest BCUT2D eigenvalue weighted by Gasteiger charge is 2.33. The van der Waals surface area contributed by atoms with Crippen molar-refractivity contribution in [1.29, 1.82) is 0 Å². The summed E-state index contributed by atoms with van der Waals surface area (Å²) in [5.74, 6) is -3.21. The van der Waals surface area contributed by atoms with E-state index in [0.717, 1.165) is 6.07 Å². The maximum atomic E-state index is 13.7. The van der Waals surface area contributed by atoms with Crippen LogP contribution in [0, 0.1) is 11.6 Å². The van der Waals surface area contributed by atoms with E-state index in [2.05, 4.69) is 10.2 Å². The fourth-order valence-corrected chi connectivity index (χ4v) is 3.69. The van der Waals surface area contributed by atoms with E-state index in [9.17, 15) is 23.5 Å². The van der Waals surface area contributed by atoms with E-state index in [1.165, 1.54) is 17.0 Å². The Labute approximate surface area is 186 Å². The molecule has 178 valence electrons.